The number of aromatic amines is 1. The fourth-order valence-corrected chi connectivity index (χ4v) is 4.59. The van der Waals surface area contributed by atoms with E-state index in [0.29, 0.717) is 11.6 Å². The minimum absolute atomic E-state index is 0.0286. The van der Waals surface area contributed by atoms with Crippen LogP contribution in [0.2, 0.25) is 0 Å². The topological polar surface area (TPSA) is 105 Å². The first-order chi connectivity index (χ1) is 9.30. The SMILES string of the molecule is CN(C(=O)CSc1n[nH]c(=O)n1C)[C@H]1CCS(=O)(=O)C1. The van der Waals surface area contributed by atoms with Gasteiger partial charge in [-0.3, -0.25) is 9.36 Å². The highest BCUT2D eigenvalue weighted by atomic mass is 32.2. The molecule has 1 saturated heterocycles. The van der Waals surface area contributed by atoms with Crippen LogP contribution >= 0.6 is 11.8 Å². The van der Waals surface area contributed by atoms with Crippen molar-refractivity contribution in [3.63, 3.8) is 0 Å². The highest BCUT2D eigenvalue weighted by Crippen LogP contribution is 2.19. The summed E-state index contributed by atoms with van der Waals surface area (Å²) in [5, 5.41) is 6.50. The normalized spacial score (nSPS) is 21.0. The molecular weight excluding hydrogens is 304 g/mol. The number of thioether (sulfide) groups is 1. The Morgan fingerprint density at radius 1 is 1.60 bits per heavy atom. The highest BCUT2D eigenvalue weighted by Gasteiger charge is 2.32. The third-order valence-electron chi connectivity index (χ3n) is 3.31. The molecule has 1 aliphatic rings. The molecule has 2 rings (SSSR count). The lowest BCUT2D eigenvalue weighted by Gasteiger charge is -2.23. The Morgan fingerprint density at radius 2 is 2.30 bits per heavy atom. The van der Waals surface area contributed by atoms with Gasteiger partial charge in [-0.25, -0.2) is 18.3 Å². The summed E-state index contributed by atoms with van der Waals surface area (Å²) < 4.78 is 24.1. The van der Waals surface area contributed by atoms with Gasteiger partial charge in [0.1, 0.15) is 0 Å². The minimum atomic E-state index is -3.01. The van der Waals surface area contributed by atoms with E-state index in [1.165, 1.54) is 9.47 Å². The average molecular weight is 320 g/mol. The van der Waals surface area contributed by atoms with E-state index in [9.17, 15) is 18.0 Å². The number of hydrogen-bond donors (Lipinski definition) is 1. The van der Waals surface area contributed by atoms with Gasteiger partial charge < -0.3 is 4.90 Å². The van der Waals surface area contributed by atoms with Crippen LogP contribution in [0.5, 0.6) is 0 Å². The highest BCUT2D eigenvalue weighted by molar-refractivity contribution is 7.99. The molecule has 20 heavy (non-hydrogen) atoms. The largest absolute Gasteiger partial charge is 0.343 e. The second-order valence-corrected chi connectivity index (χ2v) is 7.89. The Morgan fingerprint density at radius 3 is 2.80 bits per heavy atom. The lowest BCUT2D eigenvalue weighted by Crippen LogP contribution is -2.38. The zero-order valence-electron chi connectivity index (χ0n) is 11.2. The van der Waals surface area contributed by atoms with Gasteiger partial charge in [0.25, 0.3) is 0 Å². The molecular formula is C10H16N4O4S2. The van der Waals surface area contributed by atoms with Gasteiger partial charge in [0.05, 0.1) is 17.3 Å². The molecule has 2 heterocycles. The number of nitrogens with zero attached hydrogens (tertiary/aromatic N) is 3. The third-order valence-corrected chi connectivity index (χ3v) is 6.08. The molecule has 0 bridgehead atoms. The maximum absolute atomic E-state index is 12.0. The molecule has 0 spiro atoms. The van der Waals surface area contributed by atoms with Crippen molar-refractivity contribution in [2.24, 2.45) is 7.05 Å². The summed E-state index contributed by atoms with van der Waals surface area (Å²) >= 11 is 1.14. The quantitative estimate of drug-likeness (QED) is 0.702. The summed E-state index contributed by atoms with van der Waals surface area (Å²) in [4.78, 5) is 24.7. The summed E-state index contributed by atoms with van der Waals surface area (Å²) in [7, 11) is 0.163. The molecule has 0 aliphatic carbocycles. The number of sulfone groups is 1. The van der Waals surface area contributed by atoms with E-state index in [-0.39, 0.29) is 34.9 Å². The van der Waals surface area contributed by atoms with Gasteiger partial charge in [-0.2, -0.15) is 0 Å². The van der Waals surface area contributed by atoms with Crippen LogP contribution in [0.1, 0.15) is 6.42 Å². The van der Waals surface area contributed by atoms with E-state index in [1.807, 2.05) is 0 Å². The van der Waals surface area contributed by atoms with Crippen LogP contribution in [0.3, 0.4) is 0 Å². The molecule has 1 atom stereocenters. The van der Waals surface area contributed by atoms with Crippen molar-refractivity contribution in [3.8, 4) is 0 Å². The summed E-state index contributed by atoms with van der Waals surface area (Å²) in [6.45, 7) is 0. The van der Waals surface area contributed by atoms with E-state index in [1.54, 1.807) is 14.1 Å². The van der Waals surface area contributed by atoms with Crippen molar-refractivity contribution < 1.29 is 13.2 Å². The van der Waals surface area contributed by atoms with Crippen molar-refractivity contribution in [2.45, 2.75) is 17.6 Å². The first kappa shape index (κ1) is 15.1. The van der Waals surface area contributed by atoms with Gasteiger partial charge >= 0.3 is 5.69 Å². The molecule has 1 aliphatic heterocycles. The molecule has 1 N–H and O–H groups in total. The van der Waals surface area contributed by atoms with Crippen molar-refractivity contribution in [3.05, 3.63) is 10.5 Å². The lowest BCUT2D eigenvalue weighted by molar-refractivity contribution is -0.128. The van der Waals surface area contributed by atoms with Crippen LogP contribution in [0.25, 0.3) is 0 Å². The number of rotatable bonds is 4. The van der Waals surface area contributed by atoms with Crippen molar-refractivity contribution in [1.29, 1.82) is 0 Å². The van der Waals surface area contributed by atoms with Crippen LogP contribution in [0.15, 0.2) is 9.95 Å². The predicted octanol–water partition coefficient (Wildman–Crippen LogP) is -1.15. The summed E-state index contributed by atoms with van der Waals surface area (Å²) in [5.74, 6) is 0.106. The molecule has 8 nitrogen and oxygen atoms in total. The van der Waals surface area contributed by atoms with Crippen LogP contribution in [-0.2, 0) is 21.7 Å². The molecule has 0 aromatic carbocycles. The minimum Gasteiger partial charge on any atom is -0.341 e. The van der Waals surface area contributed by atoms with Gasteiger partial charge in [-0.1, -0.05) is 11.8 Å². The van der Waals surface area contributed by atoms with Gasteiger partial charge in [-0.15, -0.1) is 5.10 Å². The Kier molecular flexibility index (Phi) is 4.23. The first-order valence-electron chi connectivity index (χ1n) is 6.00. The van der Waals surface area contributed by atoms with Gasteiger partial charge in [0.15, 0.2) is 15.0 Å². The molecule has 0 radical (unpaired) electrons. The Bertz CT molecular complexity index is 663. The number of carbonyl (C=O) groups is 1. The average Bonchev–Trinajstić information content (AvgIpc) is 2.90. The molecule has 0 unspecified atom stereocenters. The predicted molar refractivity (Wildman–Crippen MR) is 74.4 cm³/mol. The van der Waals surface area contributed by atoms with E-state index in [2.05, 4.69) is 10.2 Å². The zero-order valence-corrected chi connectivity index (χ0v) is 12.8. The number of amides is 1. The number of nitrogens with one attached hydrogen (secondary N) is 1. The number of aromatic nitrogens is 3. The second-order valence-electron chi connectivity index (χ2n) is 4.72. The van der Waals surface area contributed by atoms with Crippen LogP contribution in [0.4, 0.5) is 0 Å². The van der Waals surface area contributed by atoms with Crippen molar-refractivity contribution in [2.75, 3.05) is 24.3 Å². The van der Waals surface area contributed by atoms with Gasteiger partial charge in [-0.05, 0) is 6.42 Å². The van der Waals surface area contributed by atoms with Crippen LogP contribution in [0, 0.1) is 0 Å². The number of hydrogen-bond acceptors (Lipinski definition) is 6. The first-order valence-corrected chi connectivity index (χ1v) is 8.81. The smallest absolute Gasteiger partial charge is 0.341 e. The molecule has 1 amide bonds. The third kappa shape index (κ3) is 3.23. The van der Waals surface area contributed by atoms with Crippen LogP contribution in [-0.4, -0.2) is 64.3 Å². The summed E-state index contributed by atoms with van der Waals surface area (Å²) in [6, 6.07) is -0.254. The molecule has 1 fully saturated rings. The van der Waals surface area contributed by atoms with Crippen LogP contribution < -0.4 is 5.69 Å². The maximum Gasteiger partial charge on any atom is 0.343 e. The summed E-state index contributed by atoms with van der Waals surface area (Å²) in [5.41, 5.74) is -0.338. The molecule has 1 aromatic rings. The Balaban J connectivity index is 1.92. The fourth-order valence-electron chi connectivity index (χ4n) is 1.97. The van der Waals surface area contributed by atoms with E-state index < -0.39 is 9.84 Å². The Hall–Kier alpha value is -1.29. The fraction of sp³-hybridized carbons (Fsp3) is 0.700. The standard InChI is InChI=1S/C10H16N4O4S2/c1-13(7-3-4-20(17,18)6-7)8(15)5-19-10-12-11-9(16)14(10)2/h7H,3-6H2,1-2H3,(H,11,16)/t7-/m0/s1. The summed E-state index contributed by atoms with van der Waals surface area (Å²) in [6.07, 6.45) is 0.482. The van der Waals surface area contributed by atoms with Gasteiger partial charge in [0, 0.05) is 20.1 Å². The maximum atomic E-state index is 12.0. The number of carbonyl (C=O) groups excluding carboxylic acids is 1. The van der Waals surface area contributed by atoms with Crippen molar-refractivity contribution >= 4 is 27.5 Å². The lowest BCUT2D eigenvalue weighted by atomic mass is 10.2. The zero-order chi connectivity index (χ0) is 14.9. The Labute approximate surface area is 120 Å². The van der Waals surface area contributed by atoms with E-state index >= 15 is 0 Å². The molecule has 10 heteroatoms. The van der Waals surface area contributed by atoms with E-state index in [4.69, 9.17) is 0 Å². The number of H-pyrrole nitrogens is 1. The molecule has 0 saturated carbocycles. The van der Waals surface area contributed by atoms with Gasteiger partial charge in [0.2, 0.25) is 5.91 Å². The monoisotopic (exact) mass is 320 g/mol. The second kappa shape index (κ2) is 5.60. The molecule has 1 aromatic heterocycles. The van der Waals surface area contributed by atoms with Crippen molar-refractivity contribution in [1.82, 2.24) is 19.7 Å². The molecule has 112 valence electrons. The van der Waals surface area contributed by atoms with E-state index in [0.717, 1.165) is 11.8 Å².